The van der Waals surface area contributed by atoms with Crippen molar-refractivity contribution in [2.24, 2.45) is 11.8 Å². The molecule has 262 valence electrons. The second-order valence-electron chi connectivity index (χ2n) is 12.4. The normalized spacial score (nSPS) is 18.7. The fraction of sp³-hybridized carbons (Fsp3) is 0.800. The van der Waals surface area contributed by atoms with E-state index in [-0.39, 0.29) is 45.5 Å². The van der Waals surface area contributed by atoms with Crippen LogP contribution in [0, 0.1) is 18.4 Å². The minimum atomic E-state index is -4.49. The molecule has 3 amide bonds. The minimum Gasteiger partial charge on any atom is -0.465 e. The maximum atomic E-state index is 13.7. The lowest BCUT2D eigenvalue weighted by Crippen LogP contribution is -2.51. The van der Waals surface area contributed by atoms with Crippen LogP contribution in [0.25, 0.3) is 4.85 Å². The number of ether oxygens (including phenoxy) is 3. The Kier molecular flexibility index (Phi) is 16.7. The minimum absolute atomic E-state index is 0.0482. The summed E-state index contributed by atoms with van der Waals surface area (Å²) in [5, 5.41) is 0.453. The van der Waals surface area contributed by atoms with Crippen LogP contribution in [0.5, 0.6) is 0 Å². The number of thioether (sulfide) groups is 1. The van der Waals surface area contributed by atoms with E-state index >= 15 is 0 Å². The van der Waals surface area contributed by atoms with E-state index in [9.17, 15) is 36.9 Å². The van der Waals surface area contributed by atoms with Gasteiger partial charge in [-0.15, -0.1) is 11.8 Å². The highest BCUT2D eigenvalue weighted by Crippen LogP contribution is 2.36. The average molecular weight is 692 g/mol. The zero-order chi connectivity index (χ0) is 35.3. The molecule has 0 saturated carbocycles. The first-order valence-corrected chi connectivity index (χ1v) is 17.8. The number of nitrogens with one attached hydrogen (secondary N) is 1. The number of methoxy groups -OCH3 is 1. The molecular weight excluding hydrogens is 642 g/mol. The molecule has 0 radical (unpaired) electrons. The smallest absolute Gasteiger partial charge is 0.309 e. The van der Waals surface area contributed by atoms with Crippen molar-refractivity contribution in [2.45, 2.75) is 101 Å². The summed E-state index contributed by atoms with van der Waals surface area (Å²) in [6, 6.07) is 0. The number of imide groups is 1. The molecular formula is C30H49N3O11S2. The molecule has 0 aromatic carbocycles. The van der Waals surface area contributed by atoms with Crippen molar-refractivity contribution in [2.75, 3.05) is 39.7 Å². The number of rotatable bonds is 21. The summed E-state index contributed by atoms with van der Waals surface area (Å²) >= 11 is 0.858. The van der Waals surface area contributed by atoms with Crippen molar-refractivity contribution in [3.05, 3.63) is 11.4 Å². The third-order valence-corrected chi connectivity index (χ3v) is 10.2. The number of carbonyl (C=O) groups is 5. The lowest BCUT2D eigenvalue weighted by Gasteiger charge is -2.30. The van der Waals surface area contributed by atoms with Gasteiger partial charge >= 0.3 is 11.9 Å². The second kappa shape index (κ2) is 18.6. The molecule has 0 spiro atoms. The standard InChI is InChI=1S/C30H49N3O11S2/c1-9-11-12-43-27(37)20(15-21(18-30(5,10-2)31-6)28(38)44-14-13-42-8)16-22(45-23-17-24(34)33(7)26(23)36)25(35)32-29(3,4)19-46(39,40)41/h20-23H,9-19H2,1-5,7-8H3,(H,32,35)(H,39,40,41). The highest BCUT2D eigenvalue weighted by molar-refractivity contribution is 8.02. The molecule has 46 heavy (non-hydrogen) atoms. The second-order valence-corrected chi connectivity index (χ2v) is 15.3. The number of unbranched alkanes of at least 4 members (excludes halogenated alkanes) is 1. The summed E-state index contributed by atoms with van der Waals surface area (Å²) in [5.41, 5.74) is -2.40. The van der Waals surface area contributed by atoms with Gasteiger partial charge in [0.05, 0.1) is 46.8 Å². The Morgan fingerprint density at radius 1 is 1.09 bits per heavy atom. The predicted octanol–water partition coefficient (Wildman–Crippen LogP) is 2.65. The van der Waals surface area contributed by atoms with E-state index in [4.69, 9.17) is 20.8 Å². The van der Waals surface area contributed by atoms with Crippen LogP contribution in [-0.2, 0) is 48.3 Å². The Morgan fingerprint density at radius 3 is 2.20 bits per heavy atom. The lowest BCUT2D eigenvalue weighted by molar-refractivity contribution is -0.154. The molecule has 1 rings (SSSR count). The molecule has 0 bridgehead atoms. The van der Waals surface area contributed by atoms with Crippen LogP contribution in [0.3, 0.4) is 0 Å². The first-order valence-electron chi connectivity index (χ1n) is 15.3. The lowest BCUT2D eigenvalue weighted by atomic mass is 9.81. The van der Waals surface area contributed by atoms with Crippen LogP contribution in [0.15, 0.2) is 0 Å². The van der Waals surface area contributed by atoms with Crippen molar-refractivity contribution >= 4 is 51.5 Å². The Bertz CT molecular complexity index is 1230. The molecule has 1 aliphatic rings. The third-order valence-electron chi connectivity index (χ3n) is 7.69. The van der Waals surface area contributed by atoms with Gasteiger partial charge in [-0.05, 0) is 33.1 Å². The van der Waals surface area contributed by atoms with Crippen LogP contribution < -0.4 is 5.32 Å². The quantitative estimate of drug-likeness (QED) is 0.0590. The summed E-state index contributed by atoms with van der Waals surface area (Å²) in [4.78, 5) is 70.3. The maximum Gasteiger partial charge on any atom is 0.309 e. The van der Waals surface area contributed by atoms with Gasteiger partial charge in [-0.2, -0.15) is 8.42 Å². The van der Waals surface area contributed by atoms with Gasteiger partial charge in [0.2, 0.25) is 23.3 Å². The van der Waals surface area contributed by atoms with Crippen molar-refractivity contribution in [1.82, 2.24) is 10.2 Å². The highest BCUT2D eigenvalue weighted by Gasteiger charge is 2.43. The van der Waals surface area contributed by atoms with Crippen LogP contribution in [0.2, 0.25) is 0 Å². The average Bonchev–Trinajstić information content (AvgIpc) is 3.20. The number of hydrogen-bond donors (Lipinski definition) is 2. The first-order chi connectivity index (χ1) is 21.3. The SMILES string of the molecule is [C-]#[N+]C(C)(CC)CC(CC(CC(SC1CC(=O)N(C)C1=O)C(=O)NC(C)(C)CS(=O)(=O)O)C(=O)OCCCC)C(=O)OCCOC. The van der Waals surface area contributed by atoms with Crippen LogP contribution >= 0.6 is 11.8 Å². The van der Waals surface area contributed by atoms with Gasteiger partial charge in [0.1, 0.15) is 6.61 Å². The van der Waals surface area contributed by atoms with Crippen molar-refractivity contribution in [1.29, 1.82) is 0 Å². The molecule has 2 N–H and O–H groups in total. The molecule has 5 atom stereocenters. The van der Waals surface area contributed by atoms with E-state index < -0.39 is 78.9 Å². The summed E-state index contributed by atoms with van der Waals surface area (Å²) in [6.45, 7) is 16.1. The molecule has 1 aliphatic heterocycles. The molecule has 0 aromatic rings. The van der Waals surface area contributed by atoms with Gasteiger partial charge in [0.15, 0.2) is 0 Å². The van der Waals surface area contributed by atoms with Gasteiger partial charge in [0.25, 0.3) is 10.1 Å². The molecule has 1 fully saturated rings. The summed E-state index contributed by atoms with van der Waals surface area (Å²) in [7, 11) is -1.72. The monoisotopic (exact) mass is 691 g/mol. The highest BCUT2D eigenvalue weighted by atomic mass is 32.2. The van der Waals surface area contributed by atoms with E-state index in [2.05, 4.69) is 10.2 Å². The maximum absolute atomic E-state index is 13.7. The van der Waals surface area contributed by atoms with Gasteiger partial charge < -0.3 is 24.4 Å². The fourth-order valence-corrected chi connectivity index (χ4v) is 7.31. The molecule has 0 aliphatic carbocycles. The van der Waals surface area contributed by atoms with Gasteiger partial charge in [0, 0.05) is 40.3 Å². The van der Waals surface area contributed by atoms with Crippen LogP contribution in [0.1, 0.15) is 79.6 Å². The van der Waals surface area contributed by atoms with E-state index in [1.54, 1.807) is 6.92 Å². The number of likely N-dealkylation sites (tertiary alicyclic amines) is 1. The number of hydrogen-bond acceptors (Lipinski definition) is 11. The van der Waals surface area contributed by atoms with E-state index in [1.807, 2.05) is 13.8 Å². The van der Waals surface area contributed by atoms with Crippen LogP contribution in [-0.4, -0.2) is 109 Å². The number of esters is 2. The number of amides is 3. The fourth-order valence-electron chi connectivity index (χ4n) is 4.89. The number of carbonyl (C=O) groups excluding carboxylic acids is 5. The molecule has 16 heteroatoms. The topological polar surface area (TPSA) is 187 Å². The van der Waals surface area contributed by atoms with Gasteiger partial charge in [-0.1, -0.05) is 20.3 Å². The zero-order valence-corrected chi connectivity index (χ0v) is 29.5. The Hall–Kier alpha value is -2.74. The molecule has 14 nitrogen and oxygen atoms in total. The predicted molar refractivity (Wildman–Crippen MR) is 171 cm³/mol. The van der Waals surface area contributed by atoms with Crippen molar-refractivity contribution < 1.29 is 51.2 Å². The van der Waals surface area contributed by atoms with E-state index in [0.717, 1.165) is 23.1 Å². The van der Waals surface area contributed by atoms with Crippen molar-refractivity contribution in [3.8, 4) is 0 Å². The Morgan fingerprint density at radius 2 is 1.70 bits per heavy atom. The molecule has 1 heterocycles. The van der Waals surface area contributed by atoms with Crippen LogP contribution in [0.4, 0.5) is 0 Å². The first kappa shape index (κ1) is 41.3. The summed E-state index contributed by atoms with van der Waals surface area (Å²) < 4.78 is 48.5. The number of nitrogens with zero attached hydrogens (tertiary/aromatic N) is 2. The Balaban J connectivity index is 3.54. The molecule has 0 aromatic heterocycles. The van der Waals surface area contributed by atoms with Gasteiger partial charge in [-0.25, -0.2) is 6.57 Å². The zero-order valence-electron chi connectivity index (χ0n) is 27.8. The summed E-state index contributed by atoms with van der Waals surface area (Å²) in [5.74, 6) is -5.87. The third kappa shape index (κ3) is 13.9. The Labute approximate surface area is 276 Å². The van der Waals surface area contributed by atoms with E-state index in [1.165, 1.54) is 28.0 Å². The van der Waals surface area contributed by atoms with Gasteiger partial charge in [-0.3, -0.25) is 33.4 Å². The molecule has 1 saturated heterocycles. The molecule has 5 unspecified atom stereocenters. The van der Waals surface area contributed by atoms with Crippen molar-refractivity contribution in [3.63, 3.8) is 0 Å². The van der Waals surface area contributed by atoms with E-state index in [0.29, 0.717) is 12.8 Å². The largest absolute Gasteiger partial charge is 0.465 e. The summed E-state index contributed by atoms with van der Waals surface area (Å²) in [6.07, 6.45) is 1.22.